The maximum Gasteiger partial charge on any atom is 0.265 e. The van der Waals surface area contributed by atoms with Crippen LogP contribution in [0.25, 0.3) is 5.52 Å². The molecule has 0 saturated carbocycles. The summed E-state index contributed by atoms with van der Waals surface area (Å²) in [5, 5.41) is 2.39. The number of hydrogen-bond donors (Lipinski definition) is 1. The standard InChI is InChI=1S/C7H4BFN2O/c8-4-1-2-11-5(7(4)9)3-6(12)10-11/h1-3H,(H,10,12). The summed E-state index contributed by atoms with van der Waals surface area (Å²) in [5.41, 5.74) is -0.145. The first kappa shape index (κ1) is 7.15. The molecule has 0 saturated heterocycles. The maximum absolute atomic E-state index is 13.1. The third-order valence-corrected chi connectivity index (χ3v) is 1.64. The molecule has 1 N–H and O–H groups in total. The second kappa shape index (κ2) is 2.23. The van der Waals surface area contributed by atoms with E-state index in [9.17, 15) is 9.18 Å². The molecular formula is C7H4BFN2O. The van der Waals surface area contributed by atoms with E-state index in [0.717, 1.165) is 6.07 Å². The van der Waals surface area contributed by atoms with Crippen molar-refractivity contribution in [1.29, 1.82) is 0 Å². The number of halogens is 1. The number of aromatic amines is 1. The minimum Gasteiger partial charge on any atom is -0.268 e. The molecule has 3 nitrogen and oxygen atoms in total. The van der Waals surface area contributed by atoms with Crippen LogP contribution in [0.5, 0.6) is 0 Å². The van der Waals surface area contributed by atoms with E-state index < -0.39 is 5.82 Å². The second-order valence-corrected chi connectivity index (χ2v) is 2.46. The van der Waals surface area contributed by atoms with Gasteiger partial charge in [-0.1, -0.05) is 5.46 Å². The van der Waals surface area contributed by atoms with E-state index in [4.69, 9.17) is 7.85 Å². The monoisotopic (exact) mass is 162 g/mol. The second-order valence-electron chi connectivity index (χ2n) is 2.46. The average Bonchev–Trinajstić information content (AvgIpc) is 2.39. The molecule has 0 aromatic carbocycles. The number of fused-ring (bicyclic) bond motifs is 1. The Morgan fingerprint density at radius 2 is 2.33 bits per heavy atom. The van der Waals surface area contributed by atoms with Crippen molar-refractivity contribution in [3.63, 3.8) is 0 Å². The summed E-state index contributed by atoms with van der Waals surface area (Å²) in [6, 6.07) is 2.55. The van der Waals surface area contributed by atoms with Gasteiger partial charge >= 0.3 is 0 Å². The van der Waals surface area contributed by atoms with E-state index in [1.54, 1.807) is 0 Å². The zero-order valence-corrected chi connectivity index (χ0v) is 6.04. The van der Waals surface area contributed by atoms with Gasteiger partial charge in [-0.3, -0.25) is 14.4 Å². The Labute approximate surface area is 68.2 Å². The average molecular weight is 162 g/mol. The minimum absolute atomic E-state index is 0.0361. The van der Waals surface area contributed by atoms with Crippen LogP contribution in [0.15, 0.2) is 23.1 Å². The summed E-state index contributed by atoms with van der Waals surface area (Å²) < 4.78 is 14.4. The summed E-state index contributed by atoms with van der Waals surface area (Å²) in [6.07, 6.45) is 1.50. The molecule has 2 heterocycles. The van der Waals surface area contributed by atoms with Crippen LogP contribution in [-0.4, -0.2) is 17.5 Å². The molecule has 0 amide bonds. The van der Waals surface area contributed by atoms with Gasteiger partial charge in [0, 0.05) is 12.3 Å². The van der Waals surface area contributed by atoms with Gasteiger partial charge in [-0.05, 0) is 6.07 Å². The quantitative estimate of drug-likeness (QED) is 0.523. The molecule has 2 aromatic heterocycles. The minimum atomic E-state index is -0.573. The van der Waals surface area contributed by atoms with Gasteiger partial charge in [0.05, 0.1) is 0 Å². The highest BCUT2D eigenvalue weighted by Crippen LogP contribution is 2.01. The number of rotatable bonds is 0. The van der Waals surface area contributed by atoms with Crippen LogP contribution in [0.3, 0.4) is 0 Å². The molecule has 0 aliphatic heterocycles. The topological polar surface area (TPSA) is 37.3 Å². The number of pyridine rings is 1. The van der Waals surface area contributed by atoms with Gasteiger partial charge in [0.15, 0.2) is 0 Å². The molecule has 0 atom stereocenters. The van der Waals surface area contributed by atoms with Crippen LogP contribution < -0.4 is 11.0 Å². The highest BCUT2D eigenvalue weighted by atomic mass is 19.1. The molecule has 0 aliphatic rings. The van der Waals surface area contributed by atoms with Crippen molar-refractivity contribution in [2.24, 2.45) is 0 Å². The zero-order valence-electron chi connectivity index (χ0n) is 6.04. The van der Waals surface area contributed by atoms with E-state index in [1.165, 1.54) is 16.8 Å². The first-order valence-corrected chi connectivity index (χ1v) is 3.34. The SMILES string of the molecule is [B]c1ccn2[nH]c(=O)cc2c1F. The normalized spacial score (nSPS) is 10.8. The molecule has 0 fully saturated rings. The van der Waals surface area contributed by atoms with Crippen molar-refractivity contribution < 1.29 is 4.39 Å². The van der Waals surface area contributed by atoms with Gasteiger partial charge in [0.1, 0.15) is 19.2 Å². The molecule has 2 radical (unpaired) electrons. The van der Waals surface area contributed by atoms with Gasteiger partial charge in [-0.15, -0.1) is 0 Å². The van der Waals surface area contributed by atoms with Crippen molar-refractivity contribution in [3.8, 4) is 0 Å². The van der Waals surface area contributed by atoms with E-state index in [1.807, 2.05) is 0 Å². The first-order chi connectivity index (χ1) is 5.68. The van der Waals surface area contributed by atoms with Crippen LogP contribution in [0.1, 0.15) is 0 Å². The molecule has 0 spiro atoms. The number of hydrogen-bond acceptors (Lipinski definition) is 1. The van der Waals surface area contributed by atoms with E-state index in [2.05, 4.69) is 5.10 Å². The molecule has 0 aliphatic carbocycles. The van der Waals surface area contributed by atoms with Crippen molar-refractivity contribution in [2.45, 2.75) is 0 Å². The van der Waals surface area contributed by atoms with Gasteiger partial charge < -0.3 is 0 Å². The third-order valence-electron chi connectivity index (χ3n) is 1.64. The largest absolute Gasteiger partial charge is 0.268 e. The summed E-state index contributed by atoms with van der Waals surface area (Å²) in [7, 11) is 5.29. The Balaban J connectivity index is 2.99. The lowest BCUT2D eigenvalue weighted by Gasteiger charge is -1.98. The zero-order chi connectivity index (χ0) is 8.72. The summed E-state index contributed by atoms with van der Waals surface area (Å²) in [5.74, 6) is -0.573. The molecule has 2 aromatic rings. The fraction of sp³-hybridized carbons (Fsp3) is 0. The Hall–Kier alpha value is -1.52. The van der Waals surface area contributed by atoms with Crippen LogP contribution in [-0.2, 0) is 0 Å². The number of nitrogens with zero attached hydrogens (tertiary/aromatic N) is 1. The smallest absolute Gasteiger partial charge is 0.265 e. The van der Waals surface area contributed by atoms with Crippen LogP contribution in [0.4, 0.5) is 4.39 Å². The van der Waals surface area contributed by atoms with Crippen LogP contribution >= 0.6 is 0 Å². The van der Waals surface area contributed by atoms with Crippen molar-refractivity contribution in [3.05, 3.63) is 34.5 Å². The molecular weight excluding hydrogens is 158 g/mol. The Morgan fingerprint density at radius 1 is 1.58 bits per heavy atom. The van der Waals surface area contributed by atoms with Crippen LogP contribution in [0.2, 0.25) is 0 Å². The fourth-order valence-electron chi connectivity index (χ4n) is 1.07. The fourth-order valence-corrected chi connectivity index (χ4v) is 1.07. The van der Waals surface area contributed by atoms with E-state index >= 15 is 0 Å². The Kier molecular flexibility index (Phi) is 1.33. The molecule has 12 heavy (non-hydrogen) atoms. The molecule has 5 heteroatoms. The highest BCUT2D eigenvalue weighted by molar-refractivity contribution is 6.32. The lowest BCUT2D eigenvalue weighted by Crippen LogP contribution is -2.10. The Bertz CT molecular complexity index is 488. The number of aromatic nitrogens is 2. The highest BCUT2D eigenvalue weighted by Gasteiger charge is 2.04. The summed E-state index contributed by atoms with van der Waals surface area (Å²) in [4.78, 5) is 10.8. The molecule has 58 valence electrons. The van der Waals surface area contributed by atoms with E-state index in [0.29, 0.717) is 0 Å². The predicted molar refractivity (Wildman–Crippen MR) is 43.4 cm³/mol. The first-order valence-electron chi connectivity index (χ1n) is 3.34. The summed E-state index contributed by atoms with van der Waals surface area (Å²) >= 11 is 0. The predicted octanol–water partition coefficient (Wildman–Crippen LogP) is -0.440. The number of H-pyrrole nitrogens is 1. The lowest BCUT2D eigenvalue weighted by molar-refractivity contribution is 0.638. The Morgan fingerprint density at radius 3 is 3.08 bits per heavy atom. The van der Waals surface area contributed by atoms with Gasteiger partial charge in [0.2, 0.25) is 0 Å². The maximum atomic E-state index is 13.1. The molecule has 0 bridgehead atoms. The molecule has 2 rings (SSSR count). The molecule has 0 unspecified atom stereocenters. The number of nitrogens with one attached hydrogen (secondary N) is 1. The van der Waals surface area contributed by atoms with Crippen LogP contribution in [0, 0.1) is 5.82 Å². The van der Waals surface area contributed by atoms with Gasteiger partial charge in [-0.25, -0.2) is 4.39 Å². The lowest BCUT2D eigenvalue weighted by atomic mass is 9.97. The van der Waals surface area contributed by atoms with Crippen molar-refractivity contribution >= 4 is 18.8 Å². The van der Waals surface area contributed by atoms with Crippen molar-refractivity contribution in [2.75, 3.05) is 0 Å². The van der Waals surface area contributed by atoms with Gasteiger partial charge in [-0.2, -0.15) is 0 Å². The summed E-state index contributed by atoms with van der Waals surface area (Å²) in [6.45, 7) is 0. The van der Waals surface area contributed by atoms with E-state index in [-0.39, 0.29) is 16.5 Å². The third kappa shape index (κ3) is 0.862. The van der Waals surface area contributed by atoms with Gasteiger partial charge in [0.25, 0.3) is 5.56 Å². The van der Waals surface area contributed by atoms with Crippen molar-refractivity contribution in [1.82, 2.24) is 9.61 Å².